The molecule has 0 aliphatic rings. The van der Waals surface area contributed by atoms with Gasteiger partial charge in [0.2, 0.25) is 0 Å². The molecule has 3 heteroatoms. The van der Waals surface area contributed by atoms with E-state index < -0.39 is 0 Å². The Bertz CT molecular complexity index is 684. The maximum absolute atomic E-state index is 6.28. The third-order valence-corrected chi connectivity index (χ3v) is 3.49. The van der Waals surface area contributed by atoms with Gasteiger partial charge in [0.25, 0.3) is 0 Å². The van der Waals surface area contributed by atoms with Crippen molar-refractivity contribution in [2.24, 2.45) is 5.73 Å². The molecule has 0 saturated carbocycles. The van der Waals surface area contributed by atoms with E-state index in [4.69, 9.17) is 10.2 Å². The standard InChI is InChI=1S/C15H12BrNO/c16-14-9-8-13(18-14)15(17)12-7-3-5-10-4-1-2-6-11(10)12/h1-9,15H,17H2. The molecule has 2 aromatic carbocycles. The zero-order valence-electron chi connectivity index (χ0n) is 9.64. The average molecular weight is 302 g/mol. The first-order chi connectivity index (χ1) is 8.75. The number of hydrogen-bond donors (Lipinski definition) is 1. The van der Waals surface area contributed by atoms with Gasteiger partial charge in [0.15, 0.2) is 4.67 Å². The third kappa shape index (κ3) is 1.96. The van der Waals surface area contributed by atoms with Crippen LogP contribution in [-0.4, -0.2) is 0 Å². The zero-order valence-corrected chi connectivity index (χ0v) is 11.2. The van der Waals surface area contributed by atoms with E-state index >= 15 is 0 Å². The molecular formula is C15H12BrNO. The van der Waals surface area contributed by atoms with Crippen molar-refractivity contribution in [2.75, 3.05) is 0 Å². The van der Waals surface area contributed by atoms with Gasteiger partial charge in [-0.3, -0.25) is 0 Å². The fraction of sp³-hybridized carbons (Fsp3) is 0.0667. The number of benzene rings is 2. The SMILES string of the molecule is NC(c1ccc(Br)o1)c1cccc2ccccc12. The summed E-state index contributed by atoms with van der Waals surface area (Å²) in [6, 6.07) is 17.9. The van der Waals surface area contributed by atoms with Gasteiger partial charge >= 0.3 is 0 Å². The molecule has 3 aromatic rings. The Kier molecular flexibility index (Phi) is 2.94. The molecule has 1 atom stereocenters. The van der Waals surface area contributed by atoms with E-state index in [-0.39, 0.29) is 6.04 Å². The summed E-state index contributed by atoms with van der Waals surface area (Å²) in [5, 5.41) is 2.36. The van der Waals surface area contributed by atoms with E-state index in [1.807, 2.05) is 36.4 Å². The summed E-state index contributed by atoms with van der Waals surface area (Å²) in [5.41, 5.74) is 7.36. The van der Waals surface area contributed by atoms with Crippen molar-refractivity contribution in [2.45, 2.75) is 6.04 Å². The summed E-state index contributed by atoms with van der Waals surface area (Å²) in [6.45, 7) is 0. The van der Waals surface area contributed by atoms with E-state index in [2.05, 4.69) is 34.1 Å². The molecule has 3 rings (SSSR count). The van der Waals surface area contributed by atoms with Crippen molar-refractivity contribution in [1.29, 1.82) is 0 Å². The van der Waals surface area contributed by atoms with E-state index in [1.165, 1.54) is 10.8 Å². The summed E-state index contributed by atoms with van der Waals surface area (Å²) >= 11 is 3.30. The second-order valence-corrected chi connectivity index (χ2v) is 4.97. The van der Waals surface area contributed by atoms with E-state index in [9.17, 15) is 0 Å². The molecule has 0 saturated heterocycles. The second-order valence-electron chi connectivity index (χ2n) is 4.19. The Hall–Kier alpha value is -1.58. The fourth-order valence-corrected chi connectivity index (χ4v) is 2.49. The lowest BCUT2D eigenvalue weighted by molar-refractivity contribution is 0.471. The third-order valence-electron chi connectivity index (χ3n) is 3.06. The van der Waals surface area contributed by atoms with Crippen LogP contribution in [0.2, 0.25) is 0 Å². The number of furan rings is 1. The topological polar surface area (TPSA) is 39.2 Å². The molecule has 1 unspecified atom stereocenters. The van der Waals surface area contributed by atoms with Crippen molar-refractivity contribution in [3.05, 3.63) is 70.6 Å². The summed E-state index contributed by atoms with van der Waals surface area (Å²) in [7, 11) is 0. The largest absolute Gasteiger partial charge is 0.452 e. The van der Waals surface area contributed by atoms with Gasteiger partial charge in [-0.2, -0.15) is 0 Å². The minimum absolute atomic E-state index is 0.248. The summed E-state index contributed by atoms with van der Waals surface area (Å²) in [4.78, 5) is 0. The lowest BCUT2D eigenvalue weighted by atomic mass is 9.98. The van der Waals surface area contributed by atoms with Crippen molar-refractivity contribution >= 4 is 26.7 Å². The highest BCUT2D eigenvalue weighted by atomic mass is 79.9. The van der Waals surface area contributed by atoms with Crippen molar-refractivity contribution in [3.8, 4) is 0 Å². The highest BCUT2D eigenvalue weighted by Gasteiger charge is 2.15. The minimum atomic E-state index is -0.248. The van der Waals surface area contributed by atoms with Crippen LogP contribution < -0.4 is 5.73 Å². The molecule has 2 N–H and O–H groups in total. The second kappa shape index (κ2) is 4.59. The van der Waals surface area contributed by atoms with Gasteiger partial charge in [-0.05, 0) is 44.4 Å². The molecule has 0 aliphatic heterocycles. The Morgan fingerprint density at radius 3 is 2.50 bits per heavy atom. The van der Waals surface area contributed by atoms with Gasteiger partial charge in [0, 0.05) is 0 Å². The number of nitrogens with two attached hydrogens (primary N) is 1. The molecular weight excluding hydrogens is 290 g/mol. The maximum Gasteiger partial charge on any atom is 0.169 e. The Morgan fingerprint density at radius 2 is 1.72 bits per heavy atom. The Labute approximate surface area is 114 Å². The van der Waals surface area contributed by atoms with E-state index in [1.54, 1.807) is 0 Å². The number of halogens is 1. The van der Waals surface area contributed by atoms with Gasteiger partial charge in [0.05, 0.1) is 6.04 Å². The molecule has 2 nitrogen and oxygen atoms in total. The van der Waals surface area contributed by atoms with Crippen LogP contribution >= 0.6 is 15.9 Å². The van der Waals surface area contributed by atoms with Crippen LogP contribution in [0.15, 0.2) is 63.7 Å². The van der Waals surface area contributed by atoms with Crippen LogP contribution in [0.4, 0.5) is 0 Å². The first kappa shape index (κ1) is 11.5. The van der Waals surface area contributed by atoms with Crippen LogP contribution in [0, 0.1) is 0 Å². The van der Waals surface area contributed by atoms with Crippen LogP contribution in [0.3, 0.4) is 0 Å². The Balaban J connectivity index is 2.14. The zero-order chi connectivity index (χ0) is 12.5. The fourth-order valence-electron chi connectivity index (χ4n) is 2.17. The van der Waals surface area contributed by atoms with Crippen molar-refractivity contribution < 1.29 is 4.42 Å². The lowest BCUT2D eigenvalue weighted by Gasteiger charge is -2.12. The monoisotopic (exact) mass is 301 g/mol. The van der Waals surface area contributed by atoms with Gasteiger partial charge in [-0.15, -0.1) is 0 Å². The quantitative estimate of drug-likeness (QED) is 0.769. The molecule has 0 radical (unpaired) electrons. The summed E-state index contributed by atoms with van der Waals surface area (Å²) in [5.74, 6) is 0.762. The van der Waals surface area contributed by atoms with E-state index in [0.717, 1.165) is 11.3 Å². The van der Waals surface area contributed by atoms with Crippen molar-refractivity contribution in [1.82, 2.24) is 0 Å². The molecule has 0 aliphatic carbocycles. The van der Waals surface area contributed by atoms with E-state index in [0.29, 0.717) is 4.67 Å². The van der Waals surface area contributed by atoms with Crippen LogP contribution in [0.5, 0.6) is 0 Å². The predicted molar refractivity (Wildman–Crippen MR) is 76.4 cm³/mol. The normalized spacial score (nSPS) is 12.8. The van der Waals surface area contributed by atoms with Crippen LogP contribution in [0.1, 0.15) is 17.4 Å². The predicted octanol–water partition coefficient (Wildman–Crippen LogP) is 4.24. The molecule has 1 aromatic heterocycles. The highest BCUT2D eigenvalue weighted by Crippen LogP contribution is 2.29. The highest BCUT2D eigenvalue weighted by molar-refractivity contribution is 9.10. The molecule has 90 valence electrons. The first-order valence-corrected chi connectivity index (χ1v) is 6.53. The summed E-state index contributed by atoms with van der Waals surface area (Å²) < 4.78 is 6.24. The van der Waals surface area contributed by atoms with Gasteiger partial charge < -0.3 is 10.2 Å². The first-order valence-electron chi connectivity index (χ1n) is 5.74. The molecule has 0 fully saturated rings. The average Bonchev–Trinajstić information content (AvgIpc) is 2.84. The van der Waals surface area contributed by atoms with Crippen LogP contribution in [-0.2, 0) is 0 Å². The van der Waals surface area contributed by atoms with Crippen LogP contribution in [0.25, 0.3) is 10.8 Å². The smallest absolute Gasteiger partial charge is 0.169 e. The van der Waals surface area contributed by atoms with Gasteiger partial charge in [0.1, 0.15) is 5.76 Å². The maximum atomic E-state index is 6.28. The van der Waals surface area contributed by atoms with Crippen molar-refractivity contribution in [3.63, 3.8) is 0 Å². The summed E-state index contributed by atoms with van der Waals surface area (Å²) in [6.07, 6.45) is 0. The number of hydrogen-bond acceptors (Lipinski definition) is 2. The number of rotatable bonds is 2. The molecule has 0 spiro atoms. The van der Waals surface area contributed by atoms with Gasteiger partial charge in [-0.25, -0.2) is 0 Å². The minimum Gasteiger partial charge on any atom is -0.452 e. The molecule has 1 heterocycles. The Morgan fingerprint density at radius 1 is 0.944 bits per heavy atom. The van der Waals surface area contributed by atoms with Gasteiger partial charge in [-0.1, -0.05) is 42.5 Å². The lowest BCUT2D eigenvalue weighted by Crippen LogP contribution is -2.11. The molecule has 0 amide bonds. The molecule has 18 heavy (non-hydrogen) atoms. The molecule has 0 bridgehead atoms. The number of fused-ring (bicyclic) bond motifs is 1.